The number of likely N-dealkylation sites (N-methyl/N-ethyl adjacent to an activating group) is 1. The molecule has 1 aliphatic carbocycles. The van der Waals surface area contributed by atoms with Gasteiger partial charge in [0.1, 0.15) is 12.7 Å². The topological polar surface area (TPSA) is 49.7 Å². The fraction of sp³-hybridized carbons (Fsp3) is 0.444. The van der Waals surface area contributed by atoms with Crippen molar-refractivity contribution in [3.63, 3.8) is 0 Å². The number of nitrogens with zero attached hydrogens (tertiary/aromatic N) is 4. The average molecular weight is 386 g/mol. The molecule has 0 saturated carbocycles. The zero-order valence-electron chi connectivity index (χ0n) is 13.6. The number of piperidine rings is 1. The highest BCUT2D eigenvalue weighted by atomic mass is 79.9. The van der Waals surface area contributed by atoms with Crippen molar-refractivity contribution in [1.82, 2.24) is 24.6 Å². The van der Waals surface area contributed by atoms with Crippen LogP contribution in [0.2, 0.25) is 0 Å². The minimum Gasteiger partial charge on any atom is -0.349 e. The summed E-state index contributed by atoms with van der Waals surface area (Å²) < 4.78 is 3.13. The van der Waals surface area contributed by atoms with E-state index in [9.17, 15) is 0 Å². The molecular formula is C18H20BrN5. The van der Waals surface area contributed by atoms with E-state index < -0.39 is 0 Å². The van der Waals surface area contributed by atoms with E-state index in [0.717, 1.165) is 24.1 Å². The van der Waals surface area contributed by atoms with Gasteiger partial charge in [-0.25, -0.2) is 4.98 Å². The summed E-state index contributed by atoms with van der Waals surface area (Å²) in [7, 11) is 2.27. The van der Waals surface area contributed by atoms with E-state index in [1.54, 1.807) is 6.33 Å². The lowest BCUT2D eigenvalue weighted by Crippen LogP contribution is -2.48. The number of fused-ring (bicyclic) bond motifs is 2. The van der Waals surface area contributed by atoms with E-state index in [-0.39, 0.29) is 0 Å². The molecule has 1 N–H and O–H groups in total. The highest BCUT2D eigenvalue weighted by Gasteiger charge is 2.40. The number of benzene rings is 1. The van der Waals surface area contributed by atoms with Crippen LogP contribution in [0.25, 0.3) is 10.9 Å². The van der Waals surface area contributed by atoms with Crippen LogP contribution in [0.15, 0.2) is 35.5 Å². The Balaban J connectivity index is 1.54. The molecule has 1 aliphatic heterocycles. The first-order valence-electron chi connectivity index (χ1n) is 8.52. The summed E-state index contributed by atoms with van der Waals surface area (Å²) in [6.07, 6.45) is 5.79. The average Bonchev–Trinajstić information content (AvgIpc) is 3.18. The lowest BCUT2D eigenvalue weighted by Gasteiger charge is -2.45. The largest absolute Gasteiger partial charge is 0.349 e. The third-order valence-electron chi connectivity index (χ3n) is 5.80. The van der Waals surface area contributed by atoms with Crippen molar-refractivity contribution in [2.45, 2.75) is 31.3 Å². The SMILES string of the molecule is CN1C[C@@H](Cn2cncn2)C[C@@H]2c3cccc4[nH]c(Br)c(c34)C[C@H]21. The summed E-state index contributed by atoms with van der Waals surface area (Å²) in [5.74, 6) is 1.20. The lowest BCUT2D eigenvalue weighted by atomic mass is 9.72. The molecule has 0 radical (unpaired) electrons. The van der Waals surface area contributed by atoms with Crippen molar-refractivity contribution in [3.05, 3.63) is 46.6 Å². The molecule has 0 amide bonds. The molecule has 3 aromatic rings. The lowest BCUT2D eigenvalue weighted by molar-refractivity contribution is 0.101. The minimum absolute atomic E-state index is 0.585. The molecule has 24 heavy (non-hydrogen) atoms. The molecule has 1 fully saturated rings. The standard InChI is InChI=1S/C18H20BrN5/c1-23-7-11(8-24-10-20-9-21-24)5-13-12-3-2-4-15-17(12)14(6-16(13)23)18(19)22-15/h2-4,9-11,13,16,22H,5-8H2,1H3/t11-,13+,16+/m0/s1. The van der Waals surface area contributed by atoms with Gasteiger partial charge >= 0.3 is 0 Å². The summed E-state index contributed by atoms with van der Waals surface area (Å²) >= 11 is 3.73. The van der Waals surface area contributed by atoms with Crippen LogP contribution < -0.4 is 0 Å². The van der Waals surface area contributed by atoms with E-state index in [2.05, 4.69) is 61.1 Å². The Morgan fingerprint density at radius 1 is 1.38 bits per heavy atom. The molecule has 3 heterocycles. The number of H-pyrrole nitrogens is 1. The second-order valence-electron chi connectivity index (χ2n) is 7.22. The van der Waals surface area contributed by atoms with Crippen LogP contribution in [0.5, 0.6) is 0 Å². The number of nitrogens with one attached hydrogen (secondary N) is 1. The number of hydrogen-bond donors (Lipinski definition) is 1. The highest BCUT2D eigenvalue weighted by molar-refractivity contribution is 9.10. The van der Waals surface area contributed by atoms with E-state index in [0.29, 0.717) is 17.9 Å². The van der Waals surface area contributed by atoms with Gasteiger partial charge in [0.2, 0.25) is 0 Å². The van der Waals surface area contributed by atoms with Gasteiger partial charge in [-0.1, -0.05) is 12.1 Å². The molecule has 3 atom stereocenters. The smallest absolute Gasteiger partial charge is 0.137 e. The predicted molar refractivity (Wildman–Crippen MR) is 97.0 cm³/mol. The second kappa shape index (κ2) is 5.43. The van der Waals surface area contributed by atoms with Crippen LogP contribution in [0.3, 0.4) is 0 Å². The first-order valence-corrected chi connectivity index (χ1v) is 9.31. The van der Waals surface area contributed by atoms with Crippen molar-refractivity contribution in [1.29, 1.82) is 0 Å². The molecule has 1 saturated heterocycles. The van der Waals surface area contributed by atoms with Crippen molar-refractivity contribution in [3.8, 4) is 0 Å². The Morgan fingerprint density at radius 2 is 2.29 bits per heavy atom. The molecule has 5 rings (SSSR count). The first-order chi connectivity index (χ1) is 11.7. The van der Waals surface area contributed by atoms with Crippen LogP contribution in [0, 0.1) is 5.92 Å². The van der Waals surface area contributed by atoms with Gasteiger partial charge in [0.15, 0.2) is 0 Å². The Bertz CT molecular complexity index is 884. The molecule has 124 valence electrons. The summed E-state index contributed by atoms with van der Waals surface area (Å²) in [5, 5.41) is 5.74. The summed E-state index contributed by atoms with van der Waals surface area (Å²) in [4.78, 5) is 10.1. The molecule has 2 aromatic heterocycles. The zero-order valence-corrected chi connectivity index (χ0v) is 15.2. The number of hydrogen-bond acceptors (Lipinski definition) is 3. The maximum atomic E-state index is 4.29. The van der Waals surface area contributed by atoms with E-state index in [4.69, 9.17) is 0 Å². The maximum absolute atomic E-state index is 4.29. The number of aromatic nitrogens is 4. The monoisotopic (exact) mass is 385 g/mol. The van der Waals surface area contributed by atoms with Crippen LogP contribution in [-0.4, -0.2) is 44.3 Å². The summed E-state index contributed by atoms with van der Waals surface area (Å²) in [5.41, 5.74) is 4.22. The number of likely N-dealkylation sites (tertiary alicyclic amines) is 1. The van der Waals surface area contributed by atoms with Gasteiger partial charge in [-0.15, -0.1) is 0 Å². The van der Waals surface area contributed by atoms with Crippen LogP contribution in [-0.2, 0) is 13.0 Å². The highest BCUT2D eigenvalue weighted by Crippen LogP contribution is 2.46. The quantitative estimate of drug-likeness (QED) is 0.736. The molecule has 1 aromatic carbocycles. The molecule has 0 bridgehead atoms. The summed E-state index contributed by atoms with van der Waals surface area (Å²) in [6, 6.07) is 7.29. The van der Waals surface area contributed by atoms with Gasteiger partial charge in [-0.3, -0.25) is 4.68 Å². The number of aromatic amines is 1. The normalized spacial score (nSPS) is 26.7. The van der Waals surface area contributed by atoms with Gasteiger partial charge < -0.3 is 9.88 Å². The molecular weight excluding hydrogens is 366 g/mol. The van der Waals surface area contributed by atoms with Crippen LogP contribution in [0.4, 0.5) is 0 Å². The van der Waals surface area contributed by atoms with E-state index in [1.807, 2.05) is 11.0 Å². The van der Waals surface area contributed by atoms with Crippen molar-refractivity contribution in [2.24, 2.45) is 5.92 Å². The molecule has 2 aliphatic rings. The van der Waals surface area contributed by atoms with Gasteiger partial charge in [0.05, 0.1) is 4.60 Å². The Morgan fingerprint density at radius 3 is 3.12 bits per heavy atom. The van der Waals surface area contributed by atoms with Crippen molar-refractivity contribution >= 4 is 26.8 Å². The van der Waals surface area contributed by atoms with Crippen molar-refractivity contribution < 1.29 is 0 Å². The third kappa shape index (κ3) is 2.16. The Hall–Kier alpha value is -1.66. The van der Waals surface area contributed by atoms with E-state index in [1.165, 1.54) is 28.5 Å². The predicted octanol–water partition coefficient (Wildman–Crippen LogP) is 3.18. The second-order valence-corrected chi connectivity index (χ2v) is 8.02. The van der Waals surface area contributed by atoms with Gasteiger partial charge in [0, 0.05) is 36.0 Å². The van der Waals surface area contributed by atoms with Crippen molar-refractivity contribution in [2.75, 3.05) is 13.6 Å². The fourth-order valence-electron chi connectivity index (χ4n) is 4.82. The maximum Gasteiger partial charge on any atom is 0.137 e. The minimum atomic E-state index is 0.585. The Kier molecular flexibility index (Phi) is 3.31. The fourth-order valence-corrected chi connectivity index (χ4v) is 5.39. The first kappa shape index (κ1) is 14.7. The van der Waals surface area contributed by atoms with E-state index >= 15 is 0 Å². The van der Waals surface area contributed by atoms with Gasteiger partial charge in [0.25, 0.3) is 0 Å². The van der Waals surface area contributed by atoms with Crippen LogP contribution in [0.1, 0.15) is 23.5 Å². The summed E-state index contributed by atoms with van der Waals surface area (Å²) in [6.45, 7) is 2.07. The van der Waals surface area contributed by atoms with Gasteiger partial charge in [-0.2, -0.15) is 5.10 Å². The molecule has 5 nitrogen and oxygen atoms in total. The Labute approximate surface area is 149 Å². The third-order valence-corrected chi connectivity index (χ3v) is 6.47. The molecule has 6 heteroatoms. The number of rotatable bonds is 2. The molecule has 0 spiro atoms. The van der Waals surface area contributed by atoms with Crippen LogP contribution >= 0.6 is 15.9 Å². The molecule has 0 unspecified atom stereocenters. The number of halogens is 1. The zero-order chi connectivity index (χ0) is 16.3. The van der Waals surface area contributed by atoms with Gasteiger partial charge in [-0.05, 0) is 58.9 Å².